The normalized spacial score (nSPS) is 12.0. The van der Waals surface area contributed by atoms with Crippen molar-refractivity contribution in [2.24, 2.45) is 0 Å². The van der Waals surface area contributed by atoms with Crippen LogP contribution in [0.5, 0.6) is 0 Å². The molecule has 6 nitrogen and oxygen atoms in total. The number of nitrogens with one attached hydrogen (secondary N) is 1. The zero-order valence-corrected chi connectivity index (χ0v) is 18.0. The summed E-state index contributed by atoms with van der Waals surface area (Å²) in [6.07, 6.45) is 1.79. The molecule has 5 aromatic rings. The molecule has 0 bridgehead atoms. The minimum absolute atomic E-state index is 0.166. The average Bonchev–Trinajstić information content (AvgIpc) is 2.86. The highest BCUT2D eigenvalue weighted by atomic mass is 16.5. The van der Waals surface area contributed by atoms with Crippen molar-refractivity contribution in [3.05, 3.63) is 96.3 Å². The number of rotatable bonds is 5. The van der Waals surface area contributed by atoms with Crippen LogP contribution in [0.4, 0.5) is 0 Å². The quantitative estimate of drug-likeness (QED) is 0.326. The number of carbonyl (C=O) groups excluding carboxylic acids is 2. The van der Waals surface area contributed by atoms with Crippen molar-refractivity contribution in [3.8, 4) is 0 Å². The number of hydrogen-bond donors (Lipinski definition) is 1. The maximum atomic E-state index is 13.6. The lowest BCUT2D eigenvalue weighted by molar-refractivity contribution is -0.142. The topological polar surface area (TPSA) is 81.2 Å². The average molecular weight is 435 g/mol. The van der Waals surface area contributed by atoms with Gasteiger partial charge in [0.25, 0.3) is 5.91 Å². The van der Waals surface area contributed by atoms with Crippen LogP contribution in [0.15, 0.2) is 85.1 Å². The number of para-hydroxylation sites is 2. The number of aromatic nitrogens is 2. The van der Waals surface area contributed by atoms with E-state index in [1.54, 1.807) is 6.20 Å². The Balaban J connectivity index is 1.52. The van der Waals surface area contributed by atoms with E-state index in [2.05, 4.69) is 21.4 Å². The Bertz CT molecular complexity index is 1460. The summed E-state index contributed by atoms with van der Waals surface area (Å²) >= 11 is 0. The van der Waals surface area contributed by atoms with Crippen LogP contribution in [-0.2, 0) is 16.0 Å². The van der Waals surface area contributed by atoms with E-state index >= 15 is 0 Å². The molecule has 0 radical (unpaired) electrons. The van der Waals surface area contributed by atoms with Gasteiger partial charge in [0.2, 0.25) is 0 Å². The molecule has 0 fully saturated rings. The molecule has 1 aromatic heterocycles. The van der Waals surface area contributed by atoms with Crippen molar-refractivity contribution < 1.29 is 14.3 Å². The largest absolute Gasteiger partial charge is 0.467 e. The fourth-order valence-corrected chi connectivity index (χ4v) is 4.13. The molecule has 0 aliphatic heterocycles. The fraction of sp³-hybridized carbons (Fsp3) is 0.111. The Labute approximate surface area is 190 Å². The molecular formula is C27H21N3O3. The number of ether oxygens (including phenoxy) is 1. The Morgan fingerprint density at radius 3 is 2.15 bits per heavy atom. The SMILES string of the molecule is COC(=O)[C@@H](Cc1cnc2ccccc2n1)NC(=O)c1c2ccccc2cc2ccccc12. The third-order valence-corrected chi connectivity index (χ3v) is 5.70. The van der Waals surface area contributed by atoms with E-state index in [1.807, 2.05) is 72.8 Å². The third-order valence-electron chi connectivity index (χ3n) is 5.70. The van der Waals surface area contributed by atoms with Crippen molar-refractivity contribution in [2.75, 3.05) is 7.11 Å². The molecule has 33 heavy (non-hydrogen) atoms. The first-order valence-corrected chi connectivity index (χ1v) is 10.6. The van der Waals surface area contributed by atoms with Gasteiger partial charge in [0.05, 0.1) is 29.4 Å². The molecular weight excluding hydrogens is 414 g/mol. The molecule has 6 heteroatoms. The summed E-state index contributed by atoms with van der Waals surface area (Å²) in [5.41, 5.74) is 2.61. The molecule has 0 saturated carbocycles. The molecule has 1 amide bonds. The second kappa shape index (κ2) is 8.67. The van der Waals surface area contributed by atoms with Gasteiger partial charge in [-0.05, 0) is 39.7 Å². The van der Waals surface area contributed by atoms with Crippen molar-refractivity contribution >= 4 is 44.5 Å². The van der Waals surface area contributed by atoms with E-state index < -0.39 is 12.0 Å². The van der Waals surface area contributed by atoms with E-state index in [0.29, 0.717) is 11.3 Å². The van der Waals surface area contributed by atoms with Gasteiger partial charge in [-0.25, -0.2) is 9.78 Å². The predicted molar refractivity (Wildman–Crippen MR) is 128 cm³/mol. The van der Waals surface area contributed by atoms with Crippen molar-refractivity contribution in [1.82, 2.24) is 15.3 Å². The molecule has 1 N–H and O–H groups in total. The second-order valence-corrected chi connectivity index (χ2v) is 7.80. The molecule has 0 aliphatic carbocycles. The smallest absolute Gasteiger partial charge is 0.328 e. The van der Waals surface area contributed by atoms with E-state index in [4.69, 9.17) is 4.74 Å². The van der Waals surface area contributed by atoms with Crippen LogP contribution in [0, 0.1) is 0 Å². The number of nitrogens with zero attached hydrogens (tertiary/aromatic N) is 2. The van der Waals surface area contributed by atoms with Crippen LogP contribution < -0.4 is 5.32 Å². The molecule has 162 valence electrons. The maximum Gasteiger partial charge on any atom is 0.328 e. The summed E-state index contributed by atoms with van der Waals surface area (Å²) in [4.78, 5) is 35.1. The monoisotopic (exact) mass is 435 g/mol. The van der Waals surface area contributed by atoms with Gasteiger partial charge in [-0.2, -0.15) is 0 Å². The number of carbonyl (C=O) groups is 2. The number of esters is 1. The molecule has 1 atom stereocenters. The van der Waals surface area contributed by atoms with Crippen LogP contribution in [0.3, 0.4) is 0 Å². The van der Waals surface area contributed by atoms with Crippen LogP contribution in [-0.4, -0.2) is 35.0 Å². The van der Waals surface area contributed by atoms with Gasteiger partial charge in [0, 0.05) is 12.6 Å². The summed E-state index contributed by atoms with van der Waals surface area (Å²) in [5, 5.41) is 6.44. The van der Waals surface area contributed by atoms with E-state index in [9.17, 15) is 9.59 Å². The molecule has 0 spiro atoms. The molecule has 0 unspecified atom stereocenters. The highest BCUT2D eigenvalue weighted by molar-refractivity contribution is 6.18. The number of amides is 1. The summed E-state index contributed by atoms with van der Waals surface area (Å²) in [6, 6.07) is 24.1. The lowest BCUT2D eigenvalue weighted by Gasteiger charge is -2.18. The van der Waals surface area contributed by atoms with Gasteiger partial charge in [-0.15, -0.1) is 0 Å². The zero-order chi connectivity index (χ0) is 22.8. The van der Waals surface area contributed by atoms with Crippen LogP contribution >= 0.6 is 0 Å². The van der Waals surface area contributed by atoms with Crippen LogP contribution in [0.25, 0.3) is 32.6 Å². The van der Waals surface area contributed by atoms with Gasteiger partial charge in [-0.3, -0.25) is 9.78 Å². The van der Waals surface area contributed by atoms with Gasteiger partial charge in [0.1, 0.15) is 6.04 Å². The lowest BCUT2D eigenvalue weighted by Crippen LogP contribution is -2.43. The first-order chi connectivity index (χ1) is 16.1. The van der Waals surface area contributed by atoms with Crippen molar-refractivity contribution in [1.29, 1.82) is 0 Å². The third kappa shape index (κ3) is 3.99. The van der Waals surface area contributed by atoms with Gasteiger partial charge in [-0.1, -0.05) is 60.7 Å². The molecule has 0 aliphatic rings. The van der Waals surface area contributed by atoms with Gasteiger partial charge in [0.15, 0.2) is 0 Å². The number of benzene rings is 4. The standard InChI is InChI=1S/C27H21N3O3/c1-33-27(32)24(15-19-16-28-22-12-6-7-13-23(22)29-19)30-26(31)25-20-10-4-2-8-17(20)14-18-9-3-5-11-21(18)25/h2-14,16,24H,15H2,1H3,(H,30,31)/t24-/m1/s1. The zero-order valence-electron chi connectivity index (χ0n) is 18.0. The molecule has 5 rings (SSSR count). The number of hydrogen-bond acceptors (Lipinski definition) is 5. The Morgan fingerprint density at radius 2 is 1.48 bits per heavy atom. The molecule has 4 aromatic carbocycles. The van der Waals surface area contributed by atoms with Crippen LogP contribution in [0.2, 0.25) is 0 Å². The first-order valence-electron chi connectivity index (χ1n) is 10.6. The second-order valence-electron chi connectivity index (χ2n) is 7.80. The lowest BCUT2D eigenvalue weighted by atomic mass is 9.96. The maximum absolute atomic E-state index is 13.6. The van der Waals surface area contributed by atoms with E-state index in [0.717, 1.165) is 32.6 Å². The fourth-order valence-electron chi connectivity index (χ4n) is 4.13. The summed E-state index contributed by atoms with van der Waals surface area (Å²) in [7, 11) is 1.31. The summed E-state index contributed by atoms with van der Waals surface area (Å²) < 4.78 is 4.98. The van der Waals surface area contributed by atoms with Crippen molar-refractivity contribution in [2.45, 2.75) is 12.5 Å². The molecule has 1 heterocycles. The van der Waals surface area contributed by atoms with E-state index in [-0.39, 0.29) is 12.3 Å². The Hall–Kier alpha value is -4.32. The summed E-state index contributed by atoms with van der Waals surface area (Å²) in [5.74, 6) is -0.880. The Morgan fingerprint density at radius 1 is 0.879 bits per heavy atom. The highest BCUT2D eigenvalue weighted by Gasteiger charge is 2.25. The molecule has 0 saturated heterocycles. The minimum atomic E-state index is -0.907. The minimum Gasteiger partial charge on any atom is -0.467 e. The first kappa shape index (κ1) is 20.6. The highest BCUT2D eigenvalue weighted by Crippen LogP contribution is 2.28. The van der Waals surface area contributed by atoms with Crippen LogP contribution in [0.1, 0.15) is 16.1 Å². The van der Waals surface area contributed by atoms with Crippen molar-refractivity contribution in [3.63, 3.8) is 0 Å². The number of fused-ring (bicyclic) bond motifs is 3. The predicted octanol–water partition coefficient (Wildman–Crippen LogP) is 4.45. The number of methoxy groups -OCH3 is 1. The van der Waals surface area contributed by atoms with Gasteiger partial charge < -0.3 is 10.1 Å². The summed E-state index contributed by atoms with van der Waals surface area (Å²) in [6.45, 7) is 0. The van der Waals surface area contributed by atoms with Gasteiger partial charge >= 0.3 is 5.97 Å². The van der Waals surface area contributed by atoms with E-state index in [1.165, 1.54) is 7.11 Å². The Kier molecular flexibility index (Phi) is 5.40.